The van der Waals surface area contributed by atoms with Crippen LogP contribution in [0.2, 0.25) is 0 Å². The Morgan fingerprint density at radius 1 is 1.38 bits per heavy atom. The fourth-order valence-electron chi connectivity index (χ4n) is 2.24. The minimum atomic E-state index is 0.223. The maximum absolute atomic E-state index is 5.97. The molecule has 0 aliphatic carbocycles. The SMILES string of the molecule is CN(Cc1ccccc1)C1(CN)CCSC1. The molecule has 1 fully saturated rings. The predicted molar refractivity (Wildman–Crippen MR) is 71.6 cm³/mol. The smallest absolute Gasteiger partial charge is 0.0430 e. The Bertz CT molecular complexity index is 320. The van der Waals surface area contributed by atoms with Crippen molar-refractivity contribution in [1.82, 2.24) is 4.90 Å². The maximum Gasteiger partial charge on any atom is 0.0430 e. The van der Waals surface area contributed by atoms with Crippen LogP contribution in [0.15, 0.2) is 30.3 Å². The lowest BCUT2D eigenvalue weighted by atomic mass is 9.96. The van der Waals surface area contributed by atoms with E-state index in [1.165, 1.54) is 23.5 Å². The molecule has 2 N–H and O–H groups in total. The monoisotopic (exact) mass is 236 g/mol. The molecule has 1 atom stereocenters. The molecule has 0 radical (unpaired) electrons. The number of nitrogens with zero attached hydrogens (tertiary/aromatic N) is 1. The van der Waals surface area contributed by atoms with Crippen molar-refractivity contribution in [2.45, 2.75) is 18.5 Å². The van der Waals surface area contributed by atoms with Crippen LogP contribution in [-0.2, 0) is 6.54 Å². The second kappa shape index (κ2) is 5.21. The molecule has 0 saturated carbocycles. The van der Waals surface area contributed by atoms with E-state index in [1.807, 2.05) is 11.8 Å². The molecule has 0 aromatic heterocycles. The van der Waals surface area contributed by atoms with Crippen LogP contribution in [0.25, 0.3) is 0 Å². The van der Waals surface area contributed by atoms with Gasteiger partial charge in [0, 0.05) is 24.4 Å². The summed E-state index contributed by atoms with van der Waals surface area (Å²) in [5, 5.41) is 0. The molecule has 1 aliphatic heterocycles. The molecule has 0 spiro atoms. The third kappa shape index (κ3) is 2.42. The van der Waals surface area contributed by atoms with E-state index < -0.39 is 0 Å². The van der Waals surface area contributed by atoms with Gasteiger partial charge in [-0.15, -0.1) is 0 Å². The van der Waals surface area contributed by atoms with Crippen molar-refractivity contribution in [1.29, 1.82) is 0 Å². The molecule has 1 saturated heterocycles. The van der Waals surface area contributed by atoms with Crippen LogP contribution in [0.1, 0.15) is 12.0 Å². The second-order valence-corrected chi connectivity index (χ2v) is 5.68. The van der Waals surface area contributed by atoms with Gasteiger partial charge in [-0.1, -0.05) is 30.3 Å². The predicted octanol–water partition coefficient (Wildman–Crippen LogP) is 1.95. The Labute approximate surface area is 102 Å². The van der Waals surface area contributed by atoms with Crippen molar-refractivity contribution in [2.24, 2.45) is 5.73 Å². The van der Waals surface area contributed by atoms with Gasteiger partial charge in [0.25, 0.3) is 0 Å². The lowest BCUT2D eigenvalue weighted by Gasteiger charge is -2.37. The van der Waals surface area contributed by atoms with E-state index in [2.05, 4.69) is 42.3 Å². The quantitative estimate of drug-likeness (QED) is 0.866. The zero-order valence-corrected chi connectivity index (χ0v) is 10.7. The van der Waals surface area contributed by atoms with Gasteiger partial charge in [-0.05, 0) is 24.8 Å². The minimum Gasteiger partial charge on any atom is -0.329 e. The fraction of sp³-hybridized carbons (Fsp3) is 0.538. The topological polar surface area (TPSA) is 29.3 Å². The highest BCUT2D eigenvalue weighted by Crippen LogP contribution is 2.32. The van der Waals surface area contributed by atoms with Crippen molar-refractivity contribution in [2.75, 3.05) is 25.1 Å². The van der Waals surface area contributed by atoms with E-state index >= 15 is 0 Å². The summed E-state index contributed by atoms with van der Waals surface area (Å²) < 4.78 is 0. The van der Waals surface area contributed by atoms with E-state index in [9.17, 15) is 0 Å². The van der Waals surface area contributed by atoms with Gasteiger partial charge in [0.15, 0.2) is 0 Å². The molecule has 16 heavy (non-hydrogen) atoms. The molecule has 1 aromatic carbocycles. The first-order chi connectivity index (χ1) is 7.77. The second-order valence-electron chi connectivity index (χ2n) is 4.57. The van der Waals surface area contributed by atoms with E-state index in [-0.39, 0.29) is 5.54 Å². The van der Waals surface area contributed by atoms with Crippen LogP contribution in [0, 0.1) is 0 Å². The highest BCUT2D eigenvalue weighted by atomic mass is 32.2. The highest BCUT2D eigenvalue weighted by Gasteiger charge is 2.36. The van der Waals surface area contributed by atoms with Gasteiger partial charge in [-0.2, -0.15) is 11.8 Å². The number of rotatable bonds is 4. The fourth-order valence-corrected chi connectivity index (χ4v) is 3.77. The summed E-state index contributed by atoms with van der Waals surface area (Å²) in [7, 11) is 2.20. The summed E-state index contributed by atoms with van der Waals surface area (Å²) in [6.07, 6.45) is 1.22. The van der Waals surface area contributed by atoms with Gasteiger partial charge < -0.3 is 5.73 Å². The van der Waals surface area contributed by atoms with Crippen LogP contribution >= 0.6 is 11.8 Å². The molecular weight excluding hydrogens is 216 g/mol. The van der Waals surface area contributed by atoms with E-state index in [4.69, 9.17) is 5.73 Å². The number of thioether (sulfide) groups is 1. The number of benzene rings is 1. The molecule has 2 rings (SSSR count). The summed E-state index contributed by atoms with van der Waals surface area (Å²) in [5.41, 5.74) is 7.56. The van der Waals surface area contributed by atoms with Crippen molar-refractivity contribution in [3.05, 3.63) is 35.9 Å². The van der Waals surface area contributed by atoms with Crippen molar-refractivity contribution >= 4 is 11.8 Å². The number of hydrogen-bond donors (Lipinski definition) is 1. The van der Waals surface area contributed by atoms with Gasteiger partial charge in [0.05, 0.1) is 0 Å². The molecule has 3 heteroatoms. The van der Waals surface area contributed by atoms with E-state index in [0.717, 1.165) is 13.1 Å². The molecule has 0 bridgehead atoms. The summed E-state index contributed by atoms with van der Waals surface area (Å²) in [6.45, 7) is 1.77. The molecule has 1 unspecified atom stereocenters. The van der Waals surface area contributed by atoms with E-state index in [1.54, 1.807) is 0 Å². The molecular formula is C13H20N2S. The molecule has 2 nitrogen and oxygen atoms in total. The first kappa shape index (κ1) is 12.0. The zero-order chi connectivity index (χ0) is 11.4. The van der Waals surface area contributed by atoms with E-state index in [0.29, 0.717) is 0 Å². The highest BCUT2D eigenvalue weighted by molar-refractivity contribution is 7.99. The molecule has 88 valence electrons. The average Bonchev–Trinajstić information content (AvgIpc) is 2.80. The zero-order valence-electron chi connectivity index (χ0n) is 9.86. The van der Waals surface area contributed by atoms with Crippen molar-refractivity contribution in [3.63, 3.8) is 0 Å². The molecule has 1 aromatic rings. The Balaban J connectivity index is 2.04. The van der Waals surface area contributed by atoms with Crippen LogP contribution in [0.4, 0.5) is 0 Å². The van der Waals surface area contributed by atoms with Crippen LogP contribution in [0.5, 0.6) is 0 Å². The third-order valence-electron chi connectivity index (χ3n) is 3.53. The average molecular weight is 236 g/mol. The first-order valence-electron chi connectivity index (χ1n) is 5.80. The van der Waals surface area contributed by atoms with Gasteiger partial charge in [0.2, 0.25) is 0 Å². The number of likely N-dealkylation sites (N-methyl/N-ethyl adjacent to an activating group) is 1. The number of hydrogen-bond acceptors (Lipinski definition) is 3. The minimum absolute atomic E-state index is 0.223. The van der Waals surface area contributed by atoms with Crippen molar-refractivity contribution in [3.8, 4) is 0 Å². The maximum atomic E-state index is 5.97. The van der Waals surface area contributed by atoms with Gasteiger partial charge >= 0.3 is 0 Å². The Morgan fingerprint density at radius 3 is 2.69 bits per heavy atom. The molecule has 1 heterocycles. The van der Waals surface area contributed by atoms with Crippen LogP contribution in [-0.4, -0.2) is 35.5 Å². The van der Waals surface area contributed by atoms with Gasteiger partial charge in [0.1, 0.15) is 0 Å². The van der Waals surface area contributed by atoms with Crippen LogP contribution < -0.4 is 5.73 Å². The largest absolute Gasteiger partial charge is 0.329 e. The molecule has 1 aliphatic rings. The third-order valence-corrected chi connectivity index (χ3v) is 4.77. The lowest BCUT2D eigenvalue weighted by molar-refractivity contribution is 0.143. The standard InChI is InChI=1S/C13H20N2S/c1-15(9-12-5-3-2-4-6-12)13(10-14)7-8-16-11-13/h2-6H,7-11,14H2,1H3. The Hall–Kier alpha value is -0.510. The Kier molecular flexibility index (Phi) is 3.90. The normalized spacial score (nSPS) is 25.2. The van der Waals surface area contributed by atoms with Gasteiger partial charge in [-0.25, -0.2) is 0 Å². The summed E-state index contributed by atoms with van der Waals surface area (Å²) in [4.78, 5) is 2.43. The lowest BCUT2D eigenvalue weighted by Crippen LogP contribution is -2.51. The summed E-state index contributed by atoms with van der Waals surface area (Å²) in [5.74, 6) is 2.42. The van der Waals surface area contributed by atoms with Crippen LogP contribution in [0.3, 0.4) is 0 Å². The number of nitrogens with two attached hydrogens (primary N) is 1. The summed E-state index contributed by atoms with van der Waals surface area (Å²) in [6, 6.07) is 10.6. The molecule has 0 amide bonds. The first-order valence-corrected chi connectivity index (χ1v) is 6.95. The van der Waals surface area contributed by atoms with Gasteiger partial charge in [-0.3, -0.25) is 4.90 Å². The summed E-state index contributed by atoms with van der Waals surface area (Å²) >= 11 is 2.02. The Morgan fingerprint density at radius 2 is 2.12 bits per heavy atom. The van der Waals surface area contributed by atoms with Crippen molar-refractivity contribution < 1.29 is 0 Å².